The van der Waals surface area contributed by atoms with Crippen LogP contribution in [0.2, 0.25) is 0 Å². The third kappa shape index (κ3) is 3.64. The first-order chi connectivity index (χ1) is 6.74. The van der Waals surface area contributed by atoms with Crippen molar-refractivity contribution in [1.82, 2.24) is 0 Å². The Labute approximate surface area is 86.1 Å². The Hall–Kier alpha value is -0.610. The van der Waals surface area contributed by atoms with Crippen LogP contribution in [0.5, 0.6) is 0 Å². The van der Waals surface area contributed by atoms with E-state index in [4.69, 9.17) is 5.11 Å². The number of hydrogen-bond acceptors (Lipinski definition) is 2. The molecule has 14 heavy (non-hydrogen) atoms. The van der Waals surface area contributed by atoms with Gasteiger partial charge < -0.3 is 5.11 Å². The molecule has 0 aliphatic heterocycles. The second-order valence-corrected chi connectivity index (χ2v) is 3.97. The maximum absolute atomic E-state index is 13.1. The van der Waals surface area contributed by atoms with Crippen LogP contribution in [0.15, 0.2) is 18.2 Å². The fourth-order valence-electron chi connectivity index (χ4n) is 0.987. The van der Waals surface area contributed by atoms with Gasteiger partial charge in [0.1, 0.15) is 11.6 Å². The number of aliphatic hydroxyl groups excluding tert-OH is 1. The van der Waals surface area contributed by atoms with E-state index in [2.05, 4.69) is 0 Å². The summed E-state index contributed by atoms with van der Waals surface area (Å²) >= 11 is 1.53. The minimum atomic E-state index is -0.549. The van der Waals surface area contributed by atoms with Crippen LogP contribution in [-0.2, 0) is 5.75 Å². The second kappa shape index (κ2) is 5.98. The van der Waals surface area contributed by atoms with Crippen LogP contribution in [0.1, 0.15) is 12.0 Å². The van der Waals surface area contributed by atoms with Crippen LogP contribution in [0, 0.1) is 11.6 Å². The molecule has 0 aromatic heterocycles. The Morgan fingerprint density at radius 3 is 2.71 bits per heavy atom. The van der Waals surface area contributed by atoms with Crippen molar-refractivity contribution >= 4 is 11.8 Å². The molecule has 0 unspecified atom stereocenters. The summed E-state index contributed by atoms with van der Waals surface area (Å²) in [6, 6.07) is 3.60. The summed E-state index contributed by atoms with van der Waals surface area (Å²) in [4.78, 5) is 0. The van der Waals surface area contributed by atoms with E-state index in [-0.39, 0.29) is 6.61 Å². The third-order valence-electron chi connectivity index (χ3n) is 1.72. The molecule has 0 radical (unpaired) electrons. The lowest BCUT2D eigenvalue weighted by atomic mass is 10.2. The molecule has 1 aromatic rings. The predicted molar refractivity (Wildman–Crippen MR) is 54.2 cm³/mol. The van der Waals surface area contributed by atoms with Crippen molar-refractivity contribution in [3.8, 4) is 0 Å². The van der Waals surface area contributed by atoms with Crippen molar-refractivity contribution in [2.45, 2.75) is 12.2 Å². The highest BCUT2D eigenvalue weighted by atomic mass is 32.2. The zero-order valence-electron chi connectivity index (χ0n) is 7.67. The van der Waals surface area contributed by atoms with Crippen LogP contribution in [0.4, 0.5) is 8.78 Å². The average molecular weight is 218 g/mol. The van der Waals surface area contributed by atoms with Crippen LogP contribution in [-0.4, -0.2) is 17.5 Å². The van der Waals surface area contributed by atoms with Gasteiger partial charge in [0.2, 0.25) is 0 Å². The molecule has 1 N–H and O–H groups in total. The van der Waals surface area contributed by atoms with Gasteiger partial charge in [-0.1, -0.05) is 6.07 Å². The Morgan fingerprint density at radius 1 is 1.29 bits per heavy atom. The molecule has 1 rings (SSSR count). The van der Waals surface area contributed by atoms with Gasteiger partial charge in [0, 0.05) is 18.4 Å². The minimum absolute atomic E-state index is 0.152. The molecule has 78 valence electrons. The summed E-state index contributed by atoms with van der Waals surface area (Å²) in [5.74, 6) is 0.257. The molecular weight excluding hydrogens is 206 g/mol. The third-order valence-corrected chi connectivity index (χ3v) is 2.81. The van der Waals surface area contributed by atoms with E-state index < -0.39 is 11.6 Å². The Balaban J connectivity index is 2.42. The molecule has 0 fully saturated rings. The molecule has 0 heterocycles. The molecular formula is C10H12F2OS. The number of halogens is 2. The van der Waals surface area contributed by atoms with Crippen molar-refractivity contribution in [2.24, 2.45) is 0 Å². The van der Waals surface area contributed by atoms with E-state index >= 15 is 0 Å². The van der Waals surface area contributed by atoms with Gasteiger partial charge in [-0.2, -0.15) is 11.8 Å². The van der Waals surface area contributed by atoms with Crippen LogP contribution >= 0.6 is 11.8 Å². The lowest BCUT2D eigenvalue weighted by molar-refractivity contribution is 0.296. The standard InChI is InChI=1S/C10H12F2OS/c11-9-3-2-8(10(12)6-9)7-14-5-1-4-13/h2-3,6,13H,1,4-5,7H2. The lowest BCUT2D eigenvalue weighted by Gasteiger charge is -2.02. The van der Waals surface area contributed by atoms with Gasteiger partial charge in [0.05, 0.1) is 0 Å². The molecule has 0 saturated carbocycles. The van der Waals surface area contributed by atoms with Crippen molar-refractivity contribution in [3.63, 3.8) is 0 Å². The van der Waals surface area contributed by atoms with E-state index in [0.29, 0.717) is 17.7 Å². The number of aliphatic hydroxyl groups is 1. The van der Waals surface area contributed by atoms with E-state index in [1.807, 2.05) is 0 Å². The highest BCUT2D eigenvalue weighted by Gasteiger charge is 2.02. The fourth-order valence-corrected chi connectivity index (χ4v) is 1.92. The smallest absolute Gasteiger partial charge is 0.130 e. The van der Waals surface area contributed by atoms with Gasteiger partial charge in [0.25, 0.3) is 0 Å². The van der Waals surface area contributed by atoms with E-state index in [9.17, 15) is 8.78 Å². The number of benzene rings is 1. The normalized spacial score (nSPS) is 10.5. The zero-order chi connectivity index (χ0) is 10.4. The van der Waals surface area contributed by atoms with Gasteiger partial charge in [-0.25, -0.2) is 8.78 Å². The largest absolute Gasteiger partial charge is 0.396 e. The van der Waals surface area contributed by atoms with Crippen LogP contribution < -0.4 is 0 Å². The quantitative estimate of drug-likeness (QED) is 0.766. The van der Waals surface area contributed by atoms with Gasteiger partial charge in [-0.05, 0) is 23.8 Å². The number of hydrogen-bond donors (Lipinski definition) is 1. The molecule has 0 spiro atoms. The summed E-state index contributed by atoms with van der Waals surface area (Å²) in [5, 5.41) is 8.52. The fraction of sp³-hybridized carbons (Fsp3) is 0.400. The van der Waals surface area contributed by atoms with Crippen molar-refractivity contribution in [3.05, 3.63) is 35.4 Å². The topological polar surface area (TPSA) is 20.2 Å². The average Bonchev–Trinajstić information content (AvgIpc) is 2.15. The number of rotatable bonds is 5. The molecule has 0 bridgehead atoms. The summed E-state index contributed by atoms with van der Waals surface area (Å²) in [7, 11) is 0. The van der Waals surface area contributed by atoms with Crippen LogP contribution in [0.25, 0.3) is 0 Å². The zero-order valence-corrected chi connectivity index (χ0v) is 8.49. The first-order valence-corrected chi connectivity index (χ1v) is 5.52. The highest BCUT2D eigenvalue weighted by Crippen LogP contribution is 2.16. The van der Waals surface area contributed by atoms with E-state index in [1.54, 1.807) is 0 Å². The Morgan fingerprint density at radius 2 is 2.07 bits per heavy atom. The molecule has 1 aromatic carbocycles. The summed E-state index contributed by atoms with van der Waals surface area (Å²) in [5.41, 5.74) is 0.509. The lowest BCUT2D eigenvalue weighted by Crippen LogP contribution is -1.91. The van der Waals surface area contributed by atoms with Crippen molar-refractivity contribution in [1.29, 1.82) is 0 Å². The van der Waals surface area contributed by atoms with Gasteiger partial charge in [0.15, 0.2) is 0 Å². The van der Waals surface area contributed by atoms with Gasteiger partial charge in [-0.3, -0.25) is 0 Å². The van der Waals surface area contributed by atoms with Crippen molar-refractivity contribution in [2.75, 3.05) is 12.4 Å². The van der Waals surface area contributed by atoms with Crippen molar-refractivity contribution < 1.29 is 13.9 Å². The van der Waals surface area contributed by atoms with Gasteiger partial charge >= 0.3 is 0 Å². The molecule has 0 amide bonds. The highest BCUT2D eigenvalue weighted by molar-refractivity contribution is 7.98. The first-order valence-electron chi connectivity index (χ1n) is 4.36. The Kier molecular flexibility index (Phi) is 4.90. The van der Waals surface area contributed by atoms with E-state index in [1.165, 1.54) is 23.9 Å². The maximum Gasteiger partial charge on any atom is 0.130 e. The monoisotopic (exact) mass is 218 g/mol. The molecule has 0 aliphatic carbocycles. The van der Waals surface area contributed by atoms with Gasteiger partial charge in [-0.15, -0.1) is 0 Å². The second-order valence-electron chi connectivity index (χ2n) is 2.87. The molecule has 0 aliphatic rings. The Bertz CT molecular complexity index is 291. The molecule has 4 heteroatoms. The summed E-state index contributed by atoms with van der Waals surface area (Å²) in [6.07, 6.45) is 0.702. The predicted octanol–water partition coefficient (Wildman–Crippen LogP) is 2.58. The SMILES string of the molecule is OCCCSCc1ccc(F)cc1F. The van der Waals surface area contributed by atoms with Crippen LogP contribution in [0.3, 0.4) is 0 Å². The minimum Gasteiger partial charge on any atom is -0.396 e. The summed E-state index contributed by atoms with van der Waals surface area (Å²) < 4.78 is 25.6. The first kappa shape index (κ1) is 11.5. The summed E-state index contributed by atoms with van der Waals surface area (Å²) in [6.45, 7) is 0.152. The molecule has 0 atom stereocenters. The van der Waals surface area contributed by atoms with E-state index in [0.717, 1.165) is 11.8 Å². The maximum atomic E-state index is 13.1. The molecule has 0 saturated heterocycles. The molecule has 1 nitrogen and oxygen atoms in total. The number of thioether (sulfide) groups is 1.